The average Bonchev–Trinajstić information content (AvgIpc) is 2.42. The van der Waals surface area contributed by atoms with Gasteiger partial charge in [-0.1, -0.05) is 51.5 Å². The third kappa shape index (κ3) is 5.33. The molecule has 2 heteroatoms. The molecule has 0 fully saturated rings. The van der Waals surface area contributed by atoms with Crippen molar-refractivity contribution < 1.29 is 0 Å². The van der Waals surface area contributed by atoms with E-state index in [4.69, 9.17) is 0 Å². The molecule has 1 unspecified atom stereocenters. The molecule has 0 aliphatic heterocycles. The highest BCUT2D eigenvalue weighted by molar-refractivity contribution is 5.27. The van der Waals surface area contributed by atoms with Crippen LogP contribution in [0.3, 0.4) is 0 Å². The molecule has 0 aliphatic carbocycles. The SMILES string of the molecule is CCCCN(C)CC(NC)c1ccc(C(C)C)cc1. The molecular formula is C17H30N2. The minimum Gasteiger partial charge on any atom is -0.312 e. The molecule has 0 bridgehead atoms. The molecule has 0 heterocycles. The van der Waals surface area contributed by atoms with Gasteiger partial charge in [0, 0.05) is 12.6 Å². The second-order valence-corrected chi connectivity index (χ2v) is 5.78. The van der Waals surface area contributed by atoms with Gasteiger partial charge < -0.3 is 10.2 Å². The number of nitrogens with zero attached hydrogens (tertiary/aromatic N) is 1. The number of unbranched alkanes of at least 4 members (excludes halogenated alkanes) is 1. The highest BCUT2D eigenvalue weighted by atomic mass is 15.1. The second kappa shape index (κ2) is 8.34. The summed E-state index contributed by atoms with van der Waals surface area (Å²) in [6, 6.07) is 9.48. The Bertz CT molecular complexity index is 343. The van der Waals surface area contributed by atoms with E-state index < -0.39 is 0 Å². The molecule has 19 heavy (non-hydrogen) atoms. The number of nitrogens with one attached hydrogen (secondary N) is 1. The standard InChI is InChI=1S/C17H30N2/c1-6-7-12-19(5)13-17(18-4)16-10-8-15(9-11-16)14(2)3/h8-11,14,17-18H,6-7,12-13H2,1-5H3. The first-order valence-electron chi connectivity index (χ1n) is 7.54. The Morgan fingerprint density at radius 3 is 2.16 bits per heavy atom. The Morgan fingerprint density at radius 1 is 1.11 bits per heavy atom. The lowest BCUT2D eigenvalue weighted by atomic mass is 9.99. The van der Waals surface area contributed by atoms with Crippen molar-refractivity contribution >= 4 is 0 Å². The average molecular weight is 262 g/mol. The zero-order valence-corrected chi connectivity index (χ0v) is 13.2. The van der Waals surface area contributed by atoms with Crippen molar-refractivity contribution in [3.05, 3.63) is 35.4 Å². The van der Waals surface area contributed by atoms with Crippen LogP contribution < -0.4 is 5.32 Å². The molecule has 0 aromatic heterocycles. The summed E-state index contributed by atoms with van der Waals surface area (Å²) in [7, 11) is 4.26. The Balaban J connectivity index is 2.63. The maximum Gasteiger partial charge on any atom is 0.0446 e. The predicted octanol–water partition coefficient (Wildman–Crippen LogP) is 3.80. The number of hydrogen-bond acceptors (Lipinski definition) is 2. The van der Waals surface area contributed by atoms with Crippen LogP contribution in [0, 0.1) is 0 Å². The van der Waals surface area contributed by atoms with Crippen LogP contribution in [-0.4, -0.2) is 32.1 Å². The molecule has 0 saturated heterocycles. The molecule has 1 N–H and O–H groups in total. The lowest BCUT2D eigenvalue weighted by Gasteiger charge is -2.24. The normalized spacial score (nSPS) is 13.2. The summed E-state index contributed by atoms with van der Waals surface area (Å²) in [5, 5.41) is 3.43. The first-order chi connectivity index (χ1) is 9.08. The quantitative estimate of drug-likeness (QED) is 0.766. The fourth-order valence-corrected chi connectivity index (χ4v) is 2.31. The first kappa shape index (κ1) is 16.2. The van der Waals surface area contributed by atoms with E-state index in [-0.39, 0.29) is 0 Å². The molecule has 0 spiro atoms. The summed E-state index contributed by atoms with van der Waals surface area (Å²) in [6.45, 7) is 8.97. The largest absolute Gasteiger partial charge is 0.312 e. The van der Waals surface area contributed by atoms with Crippen LogP contribution in [0.1, 0.15) is 56.7 Å². The summed E-state index contributed by atoms with van der Waals surface area (Å²) in [6.07, 6.45) is 2.54. The van der Waals surface area contributed by atoms with Gasteiger partial charge in [-0.05, 0) is 44.1 Å². The third-order valence-electron chi connectivity index (χ3n) is 3.74. The Labute approximate surface area is 119 Å². The Kier molecular flexibility index (Phi) is 7.11. The molecule has 0 saturated carbocycles. The Hall–Kier alpha value is -0.860. The van der Waals surface area contributed by atoms with E-state index >= 15 is 0 Å². The summed E-state index contributed by atoms with van der Waals surface area (Å²) in [5.41, 5.74) is 2.80. The predicted molar refractivity (Wildman–Crippen MR) is 84.7 cm³/mol. The van der Waals surface area contributed by atoms with Crippen molar-refractivity contribution in [3.8, 4) is 0 Å². The molecular weight excluding hydrogens is 232 g/mol. The minimum atomic E-state index is 0.420. The van der Waals surface area contributed by atoms with E-state index in [1.165, 1.54) is 30.5 Å². The number of hydrogen-bond donors (Lipinski definition) is 1. The lowest BCUT2D eigenvalue weighted by molar-refractivity contribution is 0.292. The van der Waals surface area contributed by atoms with Gasteiger partial charge >= 0.3 is 0 Å². The first-order valence-corrected chi connectivity index (χ1v) is 7.54. The van der Waals surface area contributed by atoms with Gasteiger partial charge in [0.2, 0.25) is 0 Å². The zero-order chi connectivity index (χ0) is 14.3. The smallest absolute Gasteiger partial charge is 0.0446 e. The van der Waals surface area contributed by atoms with E-state index in [1.54, 1.807) is 0 Å². The van der Waals surface area contributed by atoms with Gasteiger partial charge in [0.05, 0.1) is 0 Å². The summed E-state index contributed by atoms with van der Waals surface area (Å²) >= 11 is 0. The van der Waals surface area contributed by atoms with Gasteiger partial charge in [0.25, 0.3) is 0 Å². The van der Waals surface area contributed by atoms with Crippen LogP contribution in [-0.2, 0) is 0 Å². The van der Waals surface area contributed by atoms with Crippen molar-refractivity contribution in [2.75, 3.05) is 27.2 Å². The van der Waals surface area contributed by atoms with Crippen LogP contribution in [0.5, 0.6) is 0 Å². The van der Waals surface area contributed by atoms with E-state index in [9.17, 15) is 0 Å². The second-order valence-electron chi connectivity index (χ2n) is 5.78. The van der Waals surface area contributed by atoms with Crippen LogP contribution in [0.15, 0.2) is 24.3 Å². The fourth-order valence-electron chi connectivity index (χ4n) is 2.31. The molecule has 0 radical (unpaired) electrons. The van der Waals surface area contributed by atoms with Gasteiger partial charge in [-0.3, -0.25) is 0 Å². The monoisotopic (exact) mass is 262 g/mol. The van der Waals surface area contributed by atoms with Gasteiger partial charge in [0.15, 0.2) is 0 Å². The summed E-state index contributed by atoms with van der Waals surface area (Å²) in [4.78, 5) is 2.42. The molecule has 2 nitrogen and oxygen atoms in total. The maximum absolute atomic E-state index is 3.43. The van der Waals surface area contributed by atoms with Gasteiger partial charge in [0.1, 0.15) is 0 Å². The number of rotatable bonds is 8. The topological polar surface area (TPSA) is 15.3 Å². The van der Waals surface area contributed by atoms with Crippen molar-refractivity contribution in [2.45, 2.75) is 45.6 Å². The van der Waals surface area contributed by atoms with Crippen LogP contribution in [0.25, 0.3) is 0 Å². The molecule has 1 aromatic rings. The van der Waals surface area contributed by atoms with Crippen molar-refractivity contribution in [1.29, 1.82) is 0 Å². The van der Waals surface area contributed by atoms with Crippen molar-refractivity contribution in [1.82, 2.24) is 10.2 Å². The van der Waals surface area contributed by atoms with E-state index in [0.717, 1.165) is 6.54 Å². The summed E-state index contributed by atoms with van der Waals surface area (Å²) < 4.78 is 0. The van der Waals surface area contributed by atoms with E-state index in [2.05, 4.69) is 69.3 Å². The highest BCUT2D eigenvalue weighted by Gasteiger charge is 2.12. The zero-order valence-electron chi connectivity index (χ0n) is 13.2. The molecule has 0 amide bonds. The number of benzene rings is 1. The lowest BCUT2D eigenvalue weighted by Crippen LogP contribution is -2.31. The van der Waals surface area contributed by atoms with E-state index in [0.29, 0.717) is 12.0 Å². The fraction of sp³-hybridized carbons (Fsp3) is 0.647. The third-order valence-corrected chi connectivity index (χ3v) is 3.74. The summed E-state index contributed by atoms with van der Waals surface area (Å²) in [5.74, 6) is 0.606. The van der Waals surface area contributed by atoms with Crippen LogP contribution >= 0.6 is 0 Å². The molecule has 108 valence electrons. The van der Waals surface area contributed by atoms with Gasteiger partial charge in [-0.15, -0.1) is 0 Å². The van der Waals surface area contributed by atoms with E-state index in [1.807, 2.05) is 0 Å². The van der Waals surface area contributed by atoms with Crippen LogP contribution in [0.4, 0.5) is 0 Å². The van der Waals surface area contributed by atoms with Crippen molar-refractivity contribution in [2.24, 2.45) is 0 Å². The Morgan fingerprint density at radius 2 is 1.68 bits per heavy atom. The van der Waals surface area contributed by atoms with Crippen LogP contribution in [0.2, 0.25) is 0 Å². The maximum atomic E-state index is 3.43. The molecule has 0 aliphatic rings. The molecule has 1 atom stereocenters. The minimum absolute atomic E-state index is 0.420. The molecule has 1 rings (SSSR count). The number of likely N-dealkylation sites (N-methyl/N-ethyl adjacent to an activating group) is 2. The highest BCUT2D eigenvalue weighted by Crippen LogP contribution is 2.19. The van der Waals surface area contributed by atoms with Gasteiger partial charge in [-0.25, -0.2) is 0 Å². The van der Waals surface area contributed by atoms with Gasteiger partial charge in [-0.2, -0.15) is 0 Å². The van der Waals surface area contributed by atoms with Crippen molar-refractivity contribution in [3.63, 3.8) is 0 Å². The molecule has 1 aromatic carbocycles.